The van der Waals surface area contributed by atoms with Crippen LogP contribution in [0.4, 0.5) is 0 Å². The summed E-state index contributed by atoms with van der Waals surface area (Å²) in [6.45, 7) is 79.3. The average molecular weight is 2080 g/mol. The molecule has 125 heavy (non-hydrogen) atoms. The highest BCUT2D eigenvalue weighted by Crippen LogP contribution is 2.35. The molecule has 46 heteroatoms. The molecule has 5 aromatic carbocycles. The molecule has 5 aromatic rings. The van der Waals surface area contributed by atoms with E-state index in [2.05, 4.69) is 190 Å². The lowest BCUT2D eigenvalue weighted by Gasteiger charge is -2.45. The van der Waals surface area contributed by atoms with Crippen molar-refractivity contribution in [1.82, 2.24) is 0 Å². The molecule has 7 atom stereocenters. The molecule has 0 spiro atoms. The minimum atomic E-state index is -3.75. The third-order valence-electron chi connectivity index (χ3n) is 19.3. The van der Waals surface area contributed by atoms with E-state index in [9.17, 15) is 0 Å². The third-order valence-corrected chi connectivity index (χ3v) is 91.7. The predicted octanol–water partition coefficient (Wildman–Crippen LogP) is 17.0. The van der Waals surface area contributed by atoms with Crippen LogP contribution in [0.25, 0.3) is 0 Å². The highest BCUT2D eigenvalue weighted by Gasteiger charge is 2.56. The lowest BCUT2D eigenvalue weighted by atomic mass is 10.4. The minimum Gasteiger partial charge on any atom is -0.436 e. The van der Waals surface area contributed by atoms with Gasteiger partial charge in [-0.05, 0) is 318 Å². The number of hydrogen-bond donors (Lipinski definition) is 4. The second kappa shape index (κ2) is 48.1. The zero-order valence-corrected chi connectivity index (χ0v) is 102. The van der Waals surface area contributed by atoms with Crippen LogP contribution in [0.1, 0.15) is 25.7 Å². The smallest absolute Gasteiger partial charge is 0.433 e. The number of hydrogen-bond acceptors (Lipinski definition) is 26. The van der Waals surface area contributed by atoms with Crippen molar-refractivity contribution in [1.29, 1.82) is 0 Å². The van der Waals surface area contributed by atoms with Crippen LogP contribution >= 0.6 is 0 Å². The normalized spacial score (nSPS) is 17.0. The molecule has 5 rings (SSSR count). The summed E-state index contributed by atoms with van der Waals surface area (Å²) in [6, 6.07) is 52.4. The van der Waals surface area contributed by atoms with Gasteiger partial charge in [0.25, 0.3) is 0 Å². The topological polar surface area (TPSA) is 307 Å². The monoisotopic (exact) mass is 2080 g/mol. The maximum atomic E-state index is 7.11. The Labute approximate surface area is 775 Å². The second-order valence-electron chi connectivity index (χ2n) is 39.3. The summed E-state index contributed by atoms with van der Waals surface area (Å²) in [6.07, 6.45) is 3.61. The van der Waals surface area contributed by atoms with Gasteiger partial charge in [-0.25, -0.2) is 0 Å². The Morgan fingerprint density at radius 2 is 0.360 bits per heavy atom. The van der Waals surface area contributed by atoms with E-state index in [1.807, 2.05) is 202 Å². The molecular weight excluding hydrogens is 1920 g/mol. The van der Waals surface area contributed by atoms with Gasteiger partial charge >= 0.3 is 137 Å². The van der Waals surface area contributed by atoms with Crippen molar-refractivity contribution >= 4 is 196 Å². The van der Waals surface area contributed by atoms with Crippen LogP contribution < -0.4 is 48.9 Å². The van der Waals surface area contributed by atoms with Crippen molar-refractivity contribution in [2.45, 2.75) is 266 Å². The Morgan fingerprint density at radius 3 is 0.568 bits per heavy atom. The van der Waals surface area contributed by atoms with Crippen LogP contribution in [-0.4, -0.2) is 196 Å². The summed E-state index contributed by atoms with van der Waals surface area (Å²) in [7, 11) is -56.2. The molecule has 0 fully saturated rings. The van der Waals surface area contributed by atoms with Crippen molar-refractivity contribution < 1.29 is 94.2 Å². The molecule has 0 radical (unpaired) electrons. The molecule has 26 nitrogen and oxygen atoms in total. The molecule has 0 aliphatic carbocycles. The molecule has 0 saturated carbocycles. The lowest BCUT2D eigenvalue weighted by Crippen LogP contribution is -2.64. The lowest BCUT2D eigenvalue weighted by molar-refractivity contribution is -0.256. The van der Waals surface area contributed by atoms with Gasteiger partial charge < -0.3 is 80.5 Å². The van der Waals surface area contributed by atoms with Crippen LogP contribution in [-0.2, 0) is 94.2 Å². The molecule has 0 aliphatic heterocycles. The van der Waals surface area contributed by atoms with Gasteiger partial charge in [0.1, 0.15) is 0 Å². The molecule has 0 amide bonds. The molecule has 8 N–H and O–H groups in total. The molecule has 7 unspecified atom stereocenters. The van der Waals surface area contributed by atoms with Gasteiger partial charge in [-0.1, -0.05) is 163 Å². The fourth-order valence-electron chi connectivity index (χ4n) is 15.5. The quantitative estimate of drug-likeness (QED) is 0.0160. The van der Waals surface area contributed by atoms with Gasteiger partial charge in [0.2, 0.25) is 0 Å². The highest BCUT2D eigenvalue weighted by atomic mass is 28.5. The summed E-state index contributed by atoms with van der Waals surface area (Å²) in [5, 5.41) is 3.98. The van der Waals surface area contributed by atoms with E-state index in [1.54, 1.807) is 0 Å². The van der Waals surface area contributed by atoms with Crippen LogP contribution in [0.2, 0.25) is 240 Å². The van der Waals surface area contributed by atoms with E-state index in [1.165, 1.54) is 0 Å². The van der Waals surface area contributed by atoms with Gasteiger partial charge in [0, 0.05) is 0 Å². The molecule has 0 aliphatic rings. The van der Waals surface area contributed by atoms with E-state index >= 15 is 0 Å². The van der Waals surface area contributed by atoms with E-state index < -0.39 is 170 Å². The Hall–Kier alpha value is -1.12. The summed E-state index contributed by atoms with van der Waals surface area (Å²) < 4.78 is 149. The Bertz CT molecular complexity index is 4030. The summed E-state index contributed by atoms with van der Waals surface area (Å²) >= 11 is 0. The number of benzene rings is 5. The van der Waals surface area contributed by atoms with E-state index in [-0.39, 0.29) is 0 Å². The van der Waals surface area contributed by atoms with Crippen LogP contribution in [0.15, 0.2) is 176 Å². The number of nitrogens with two attached hydrogens (primary N) is 4. The minimum absolute atomic E-state index is 0.582. The van der Waals surface area contributed by atoms with Gasteiger partial charge in [0.15, 0.2) is 33.3 Å². The second-order valence-corrected chi connectivity index (χ2v) is 111. The third kappa shape index (κ3) is 42.0. The van der Waals surface area contributed by atoms with Crippen LogP contribution in [0, 0.1) is 0 Å². The fourth-order valence-corrected chi connectivity index (χ4v) is 103. The van der Waals surface area contributed by atoms with E-state index in [0.717, 1.165) is 75.8 Å². The first-order valence-electron chi connectivity index (χ1n) is 43.8. The molecule has 710 valence electrons. The first-order chi connectivity index (χ1) is 57.1. The van der Waals surface area contributed by atoms with Crippen molar-refractivity contribution in [2.75, 3.05) is 26.2 Å². The average Bonchev–Trinajstić information content (AvgIpc) is 0.784. The zero-order valence-electron chi connectivity index (χ0n) is 82.3. The largest absolute Gasteiger partial charge is 0.436 e. The summed E-state index contributed by atoms with van der Waals surface area (Å²) in [4.78, 5) is 0. The maximum Gasteiger partial charge on any atom is 0.433 e. The summed E-state index contributed by atoms with van der Waals surface area (Å²) in [5.41, 5.74) is 27.1. The Balaban J connectivity index is 0.000000538. The molecule has 0 heterocycles. The molecule has 0 aromatic heterocycles. The predicted molar refractivity (Wildman–Crippen MR) is 557 cm³/mol. The van der Waals surface area contributed by atoms with Crippen molar-refractivity contribution in [2.24, 2.45) is 22.9 Å². The zero-order chi connectivity index (χ0) is 95.0. The van der Waals surface area contributed by atoms with Gasteiger partial charge in [-0.15, -0.1) is 13.2 Å². The van der Waals surface area contributed by atoms with Gasteiger partial charge in [-0.3, -0.25) is 36.6 Å². The van der Waals surface area contributed by atoms with Gasteiger partial charge in [-0.2, -0.15) is 0 Å². The maximum absolute atomic E-state index is 7.11. The highest BCUT2D eigenvalue weighted by molar-refractivity contribution is 6.97. The fraction of sp³-hybridized carbons (Fsp3) is 0.570. The number of rotatable bonds is 59. The van der Waals surface area contributed by atoms with Crippen molar-refractivity contribution in [3.63, 3.8) is 0 Å². The van der Waals surface area contributed by atoms with Gasteiger partial charge in [0.05, 0.1) is 0 Å². The Morgan fingerprint density at radius 1 is 0.200 bits per heavy atom. The van der Waals surface area contributed by atoms with Crippen molar-refractivity contribution in [3.8, 4) is 0 Å². The SMILES string of the molecule is C=C[Si](C)(O[Si](C)(C)CCCN)O[Si](C)(C)O[Si](C)(C)O[Si](C)(C)O[Si](C)(C)O[Si](C)(C)O[Si](C)(C)O[Si](C)(C)O[Si](C)(C)O[Si](C)(C)O[Si](C)(C)CCCN.C=C[Si](C)(O[Si](C)(C)CCCN)O[Si](C)(OO[Si](C)(OO[Si](C)(OO[Si](C)(OO[Si](C)(O[Si](C)(C)CCCN)c1ccccc1)c1ccccc1)c1ccccc1)c1ccccc1)c1ccccc1. The van der Waals surface area contributed by atoms with Crippen LogP contribution in [0.3, 0.4) is 0 Å². The summed E-state index contributed by atoms with van der Waals surface area (Å²) in [5.74, 6) is 0. The van der Waals surface area contributed by atoms with E-state index in [0.29, 0.717) is 26.2 Å². The molecule has 0 bridgehead atoms. The first-order valence-corrected chi connectivity index (χ1v) is 97.9. The molecule has 0 saturated heterocycles. The standard InChI is InChI=1S/C48H74N2O11Si8.C31H88N2O11Si12/c1-12-64(6,59-62(2,3)42-28-40-49)61-69(11,48-38-26-17-27-39-48)58-56-67(9,46-34-22-15-23-35-46)54-52-65(7,44-30-18-13-19-31-44)51-53-66(8,45-32-20-14-21-33-45)55-57-68(10,47-36-24-16-25-37-47)60-63(4,5)43-29-41-50;1-25-56(24,35-46(4,5)31-27-29-33)44-55(22,23)43-54(20,21)42-53(18,19)41-52(16,17)40-51(14,15)39-50(12,13)38-49(10,11)37-48(8,9)36-47(6,7)34-45(2,3)30-26-28-32/h12-27,30-39H,1,28-29,40-43,49-50H2,2-11H3;25H,1,26-33H2,2-24H3. The molecular formula is C79H162N4O22Si20. The first kappa shape index (κ1) is 116. The Kier molecular flexibility index (Phi) is 44.7. The van der Waals surface area contributed by atoms with Crippen LogP contribution in [0.5, 0.6) is 0 Å². The van der Waals surface area contributed by atoms with Crippen molar-refractivity contribution in [3.05, 3.63) is 176 Å². The van der Waals surface area contributed by atoms with E-state index in [4.69, 9.17) is 117 Å².